The van der Waals surface area contributed by atoms with Crippen molar-refractivity contribution in [2.75, 3.05) is 32.2 Å². The van der Waals surface area contributed by atoms with Gasteiger partial charge in [0.05, 0.1) is 13.2 Å². The Labute approximate surface area is 127 Å². The van der Waals surface area contributed by atoms with E-state index in [1.807, 2.05) is 36.0 Å². The van der Waals surface area contributed by atoms with Crippen molar-refractivity contribution in [2.24, 2.45) is 0 Å². The summed E-state index contributed by atoms with van der Waals surface area (Å²) in [6.07, 6.45) is 6.75. The molecule has 0 radical (unpaired) electrons. The van der Waals surface area contributed by atoms with Crippen molar-refractivity contribution in [1.29, 1.82) is 0 Å². The molecule has 3 nitrogen and oxygen atoms in total. The lowest BCUT2D eigenvalue weighted by molar-refractivity contribution is 0.174. The number of aliphatic hydroxyl groups is 1. The lowest BCUT2D eigenvalue weighted by atomic mass is 10.1. The molecule has 1 atom stereocenters. The fraction of sp³-hybridized carbons (Fsp3) is 0.625. The van der Waals surface area contributed by atoms with Crippen LogP contribution in [0.3, 0.4) is 0 Å². The number of hydrogen-bond donors (Lipinski definition) is 2. The first-order valence-corrected chi connectivity index (χ1v) is 8.69. The van der Waals surface area contributed by atoms with Gasteiger partial charge in [0.25, 0.3) is 0 Å². The lowest BCUT2D eigenvalue weighted by Gasteiger charge is -2.13. The third-order valence-corrected chi connectivity index (χ3v) is 3.97. The number of thioether (sulfide) groups is 1. The van der Waals surface area contributed by atoms with E-state index in [-0.39, 0.29) is 0 Å². The molecule has 1 aromatic rings. The fourth-order valence-electron chi connectivity index (χ4n) is 2.06. The van der Waals surface area contributed by atoms with Gasteiger partial charge in [-0.3, -0.25) is 0 Å². The molecule has 0 saturated heterocycles. The molecule has 0 aliphatic heterocycles. The molecule has 0 aromatic heterocycles. The maximum atomic E-state index is 10.1. The summed E-state index contributed by atoms with van der Waals surface area (Å²) in [7, 11) is 1.64. The Morgan fingerprint density at radius 1 is 1.25 bits per heavy atom. The molecular weight excluding hydrogens is 270 g/mol. The molecule has 20 heavy (non-hydrogen) atoms. The van der Waals surface area contributed by atoms with Crippen LogP contribution in [-0.4, -0.2) is 37.3 Å². The zero-order chi connectivity index (χ0) is 14.6. The van der Waals surface area contributed by atoms with Gasteiger partial charge in [0.15, 0.2) is 0 Å². The first-order valence-electron chi connectivity index (χ1n) is 7.29. The zero-order valence-corrected chi connectivity index (χ0v) is 13.4. The quantitative estimate of drug-likeness (QED) is 0.615. The van der Waals surface area contributed by atoms with Crippen LogP contribution in [-0.2, 0) is 0 Å². The second kappa shape index (κ2) is 11.0. The van der Waals surface area contributed by atoms with Crippen LogP contribution in [0.5, 0.6) is 5.75 Å². The van der Waals surface area contributed by atoms with Gasteiger partial charge in [-0.25, -0.2) is 0 Å². The normalized spacial score (nSPS) is 12.3. The van der Waals surface area contributed by atoms with Gasteiger partial charge in [-0.15, -0.1) is 0 Å². The van der Waals surface area contributed by atoms with E-state index in [4.69, 9.17) is 4.74 Å². The van der Waals surface area contributed by atoms with Crippen LogP contribution in [0.4, 0.5) is 0 Å². The van der Waals surface area contributed by atoms with Crippen molar-refractivity contribution in [3.63, 3.8) is 0 Å². The minimum atomic E-state index is -0.471. The SMILES string of the molecule is COc1cccc(C(O)CNCCCCCCSC)c1. The van der Waals surface area contributed by atoms with Gasteiger partial charge in [0.2, 0.25) is 0 Å². The Bertz CT molecular complexity index is 360. The fourth-order valence-corrected chi connectivity index (χ4v) is 2.55. The van der Waals surface area contributed by atoms with Gasteiger partial charge in [0, 0.05) is 6.54 Å². The van der Waals surface area contributed by atoms with E-state index < -0.39 is 6.10 Å². The number of hydrogen-bond acceptors (Lipinski definition) is 4. The predicted molar refractivity (Wildman–Crippen MR) is 87.7 cm³/mol. The molecule has 4 heteroatoms. The van der Waals surface area contributed by atoms with Crippen LogP contribution in [0, 0.1) is 0 Å². The van der Waals surface area contributed by atoms with E-state index in [2.05, 4.69) is 11.6 Å². The minimum Gasteiger partial charge on any atom is -0.497 e. The molecule has 0 spiro atoms. The van der Waals surface area contributed by atoms with Crippen LogP contribution in [0.25, 0.3) is 0 Å². The molecule has 0 heterocycles. The van der Waals surface area contributed by atoms with E-state index in [1.54, 1.807) is 7.11 Å². The number of ether oxygens (including phenoxy) is 1. The average Bonchev–Trinajstić information content (AvgIpc) is 2.49. The van der Waals surface area contributed by atoms with Crippen LogP contribution in [0.1, 0.15) is 37.4 Å². The van der Waals surface area contributed by atoms with Crippen LogP contribution in [0.15, 0.2) is 24.3 Å². The van der Waals surface area contributed by atoms with Crippen molar-refractivity contribution < 1.29 is 9.84 Å². The van der Waals surface area contributed by atoms with E-state index in [9.17, 15) is 5.11 Å². The zero-order valence-electron chi connectivity index (χ0n) is 12.6. The van der Waals surface area contributed by atoms with Crippen molar-refractivity contribution >= 4 is 11.8 Å². The van der Waals surface area contributed by atoms with Crippen molar-refractivity contribution in [3.8, 4) is 5.75 Å². The van der Waals surface area contributed by atoms with E-state index in [0.29, 0.717) is 6.54 Å². The van der Waals surface area contributed by atoms with Gasteiger partial charge < -0.3 is 15.2 Å². The number of unbranched alkanes of at least 4 members (excludes halogenated alkanes) is 3. The third-order valence-electron chi connectivity index (χ3n) is 3.27. The average molecular weight is 297 g/mol. The summed E-state index contributed by atoms with van der Waals surface area (Å²) in [4.78, 5) is 0. The molecule has 0 fully saturated rings. The first-order chi connectivity index (χ1) is 9.77. The van der Waals surface area contributed by atoms with Gasteiger partial charge in [0.1, 0.15) is 5.75 Å². The predicted octanol–water partition coefficient (Wildman–Crippen LogP) is 3.24. The maximum Gasteiger partial charge on any atom is 0.119 e. The minimum absolute atomic E-state index is 0.471. The van der Waals surface area contributed by atoms with Crippen LogP contribution >= 0.6 is 11.8 Å². The summed E-state index contributed by atoms with van der Waals surface area (Å²) in [5, 5.41) is 13.4. The van der Waals surface area contributed by atoms with E-state index in [1.165, 1.54) is 31.4 Å². The number of methoxy groups -OCH3 is 1. The highest BCUT2D eigenvalue weighted by molar-refractivity contribution is 7.98. The van der Waals surface area contributed by atoms with Crippen molar-refractivity contribution in [1.82, 2.24) is 5.32 Å². The highest BCUT2D eigenvalue weighted by atomic mass is 32.2. The van der Waals surface area contributed by atoms with Crippen molar-refractivity contribution in [3.05, 3.63) is 29.8 Å². The highest BCUT2D eigenvalue weighted by Crippen LogP contribution is 2.18. The molecule has 0 saturated carbocycles. The number of nitrogens with one attached hydrogen (secondary N) is 1. The monoisotopic (exact) mass is 297 g/mol. The summed E-state index contributed by atoms with van der Waals surface area (Å²) in [6.45, 7) is 1.57. The summed E-state index contributed by atoms with van der Waals surface area (Å²) in [6, 6.07) is 7.60. The van der Waals surface area contributed by atoms with Gasteiger partial charge in [-0.1, -0.05) is 25.0 Å². The molecule has 0 aliphatic rings. The summed E-state index contributed by atoms with van der Waals surface area (Å²) in [5.74, 6) is 2.05. The number of aliphatic hydroxyl groups excluding tert-OH is 1. The topological polar surface area (TPSA) is 41.5 Å². The van der Waals surface area contributed by atoms with E-state index in [0.717, 1.165) is 17.9 Å². The summed E-state index contributed by atoms with van der Waals surface area (Å²) < 4.78 is 5.16. The van der Waals surface area contributed by atoms with Gasteiger partial charge >= 0.3 is 0 Å². The van der Waals surface area contributed by atoms with Crippen molar-refractivity contribution in [2.45, 2.75) is 31.8 Å². The lowest BCUT2D eigenvalue weighted by Crippen LogP contribution is -2.22. The summed E-state index contributed by atoms with van der Waals surface area (Å²) >= 11 is 1.92. The Morgan fingerprint density at radius 3 is 2.80 bits per heavy atom. The Hall–Kier alpha value is -0.710. The first kappa shape index (κ1) is 17.3. The Kier molecular flexibility index (Phi) is 9.54. The molecule has 1 aromatic carbocycles. The van der Waals surface area contributed by atoms with Crippen LogP contribution in [0.2, 0.25) is 0 Å². The molecule has 0 amide bonds. The molecule has 1 rings (SSSR count). The molecule has 0 aliphatic carbocycles. The standard InChI is InChI=1S/C16H27NO2S/c1-19-15-9-7-8-14(12-15)16(18)13-17-10-5-3-4-6-11-20-2/h7-9,12,16-18H,3-6,10-11,13H2,1-2H3. The number of rotatable bonds is 11. The molecule has 0 bridgehead atoms. The second-order valence-electron chi connectivity index (χ2n) is 4.90. The highest BCUT2D eigenvalue weighted by Gasteiger charge is 2.07. The van der Waals surface area contributed by atoms with Crippen LogP contribution < -0.4 is 10.1 Å². The molecule has 114 valence electrons. The molecular formula is C16H27NO2S. The largest absolute Gasteiger partial charge is 0.497 e. The second-order valence-corrected chi connectivity index (χ2v) is 5.89. The summed E-state index contributed by atoms with van der Waals surface area (Å²) in [5.41, 5.74) is 0.900. The maximum absolute atomic E-state index is 10.1. The third kappa shape index (κ3) is 7.17. The Morgan fingerprint density at radius 2 is 2.05 bits per heavy atom. The number of benzene rings is 1. The van der Waals surface area contributed by atoms with E-state index >= 15 is 0 Å². The molecule has 2 N–H and O–H groups in total. The molecule has 1 unspecified atom stereocenters. The van der Waals surface area contributed by atoms with Gasteiger partial charge in [-0.2, -0.15) is 11.8 Å². The van der Waals surface area contributed by atoms with Gasteiger partial charge in [-0.05, 0) is 49.1 Å². The smallest absolute Gasteiger partial charge is 0.119 e. The Balaban J connectivity index is 2.12.